The Kier molecular flexibility index (Phi) is 4.18. The van der Waals surface area contributed by atoms with E-state index in [9.17, 15) is 13.2 Å². The highest BCUT2D eigenvalue weighted by molar-refractivity contribution is 7.90. The number of hydrogen-bond acceptors (Lipinski definition) is 5. The minimum atomic E-state index is -3.28. The van der Waals surface area contributed by atoms with Crippen LogP contribution in [0.4, 0.5) is 5.69 Å². The molecule has 1 N–H and O–H groups in total. The molecule has 1 amide bonds. The van der Waals surface area contributed by atoms with Crippen LogP contribution < -0.4 is 5.32 Å². The Hall–Kier alpha value is -2.93. The number of amides is 1. The summed E-state index contributed by atoms with van der Waals surface area (Å²) in [6, 6.07) is 12.9. The summed E-state index contributed by atoms with van der Waals surface area (Å²) in [5.74, 6) is 0.326. The highest BCUT2D eigenvalue weighted by Crippen LogP contribution is 2.21. The minimum Gasteiger partial charge on any atom is -0.444 e. The van der Waals surface area contributed by atoms with Crippen LogP contribution in [0.3, 0.4) is 0 Å². The fourth-order valence-corrected chi connectivity index (χ4v) is 2.76. The largest absolute Gasteiger partial charge is 0.444 e. The first-order chi connectivity index (χ1) is 11.4. The summed E-state index contributed by atoms with van der Waals surface area (Å²) < 4.78 is 28.0. The van der Waals surface area contributed by atoms with Gasteiger partial charge in [0, 0.05) is 23.1 Å². The van der Waals surface area contributed by atoms with E-state index in [4.69, 9.17) is 4.42 Å². The molecule has 0 spiro atoms. The van der Waals surface area contributed by atoms with Crippen molar-refractivity contribution in [3.8, 4) is 11.3 Å². The summed E-state index contributed by atoms with van der Waals surface area (Å²) in [6.07, 6.45) is 4.08. The van der Waals surface area contributed by atoms with Gasteiger partial charge in [-0.2, -0.15) is 0 Å². The van der Waals surface area contributed by atoms with Gasteiger partial charge in [-0.25, -0.2) is 13.4 Å². The zero-order chi connectivity index (χ0) is 17.2. The molecule has 122 valence electrons. The molecule has 3 aromatic rings. The van der Waals surface area contributed by atoms with Gasteiger partial charge in [-0.05, 0) is 48.5 Å². The summed E-state index contributed by atoms with van der Waals surface area (Å²) in [5, 5.41) is 2.75. The van der Waals surface area contributed by atoms with E-state index in [1.807, 2.05) is 12.1 Å². The van der Waals surface area contributed by atoms with E-state index >= 15 is 0 Å². The molecule has 0 saturated carbocycles. The van der Waals surface area contributed by atoms with Gasteiger partial charge in [-0.15, -0.1) is 0 Å². The highest BCUT2D eigenvalue weighted by atomic mass is 32.2. The minimum absolute atomic E-state index is 0.176. The molecule has 0 atom stereocenters. The lowest BCUT2D eigenvalue weighted by atomic mass is 10.1. The number of carbonyl (C=O) groups excluding carboxylic acids is 1. The lowest BCUT2D eigenvalue weighted by Gasteiger charge is -2.06. The van der Waals surface area contributed by atoms with Crippen LogP contribution in [-0.4, -0.2) is 25.6 Å². The summed E-state index contributed by atoms with van der Waals surface area (Å²) in [5.41, 5.74) is 1.85. The maximum Gasteiger partial charge on any atom is 0.255 e. The topological polar surface area (TPSA) is 89.3 Å². The number of carbonyl (C=O) groups is 1. The van der Waals surface area contributed by atoms with Crippen molar-refractivity contribution in [1.29, 1.82) is 0 Å². The molecule has 0 radical (unpaired) electrons. The number of rotatable bonds is 4. The fourth-order valence-electron chi connectivity index (χ4n) is 2.13. The molecule has 7 heteroatoms. The third kappa shape index (κ3) is 3.52. The second-order valence-electron chi connectivity index (χ2n) is 5.19. The van der Waals surface area contributed by atoms with Gasteiger partial charge in [0.15, 0.2) is 22.0 Å². The molecule has 0 unspecified atom stereocenters. The molecule has 1 heterocycles. The number of hydrogen-bond donors (Lipinski definition) is 1. The maximum absolute atomic E-state index is 12.2. The summed E-state index contributed by atoms with van der Waals surface area (Å²) in [6.45, 7) is 0. The third-order valence-electron chi connectivity index (χ3n) is 3.40. The molecule has 0 aliphatic rings. The molecule has 0 saturated heterocycles. The average Bonchev–Trinajstić information content (AvgIpc) is 3.09. The fraction of sp³-hybridized carbons (Fsp3) is 0.0588. The number of anilines is 1. The van der Waals surface area contributed by atoms with Gasteiger partial charge >= 0.3 is 0 Å². The van der Waals surface area contributed by atoms with E-state index in [-0.39, 0.29) is 10.8 Å². The van der Waals surface area contributed by atoms with Gasteiger partial charge in [-0.1, -0.05) is 0 Å². The third-order valence-corrected chi connectivity index (χ3v) is 4.53. The molecule has 24 heavy (non-hydrogen) atoms. The van der Waals surface area contributed by atoms with Gasteiger partial charge in [0.05, 0.1) is 11.1 Å². The van der Waals surface area contributed by atoms with Crippen molar-refractivity contribution in [1.82, 2.24) is 4.98 Å². The molecule has 6 nitrogen and oxygen atoms in total. The smallest absolute Gasteiger partial charge is 0.255 e. The van der Waals surface area contributed by atoms with E-state index < -0.39 is 9.84 Å². The number of oxazole rings is 1. The van der Waals surface area contributed by atoms with Crippen molar-refractivity contribution in [2.75, 3.05) is 11.6 Å². The highest BCUT2D eigenvalue weighted by Gasteiger charge is 2.10. The Morgan fingerprint density at radius 2 is 1.71 bits per heavy atom. The molecule has 2 aromatic carbocycles. The molecule has 0 bridgehead atoms. The maximum atomic E-state index is 12.2. The molecule has 0 fully saturated rings. The van der Waals surface area contributed by atoms with Crippen LogP contribution in [0.25, 0.3) is 11.3 Å². The Bertz CT molecular complexity index is 945. The Balaban J connectivity index is 1.73. The first-order valence-corrected chi connectivity index (χ1v) is 8.93. The number of nitrogens with one attached hydrogen (secondary N) is 1. The lowest BCUT2D eigenvalue weighted by Crippen LogP contribution is -2.12. The predicted molar refractivity (Wildman–Crippen MR) is 89.4 cm³/mol. The van der Waals surface area contributed by atoms with Crippen molar-refractivity contribution in [3.05, 3.63) is 66.7 Å². The monoisotopic (exact) mass is 342 g/mol. The van der Waals surface area contributed by atoms with Crippen LogP contribution >= 0.6 is 0 Å². The van der Waals surface area contributed by atoms with Gasteiger partial charge in [0.25, 0.3) is 5.91 Å². The first kappa shape index (κ1) is 15.9. The van der Waals surface area contributed by atoms with Crippen LogP contribution in [-0.2, 0) is 9.84 Å². The van der Waals surface area contributed by atoms with E-state index in [1.54, 1.807) is 18.3 Å². The number of aromatic nitrogens is 1. The SMILES string of the molecule is CS(=O)(=O)c1ccc(C(=O)Nc2ccc(-c3cnco3)cc2)cc1. The van der Waals surface area contributed by atoms with Crippen molar-refractivity contribution < 1.29 is 17.6 Å². The number of sulfone groups is 1. The molecule has 0 aliphatic heterocycles. The molecular weight excluding hydrogens is 328 g/mol. The van der Waals surface area contributed by atoms with Gasteiger partial charge in [0.2, 0.25) is 0 Å². The quantitative estimate of drug-likeness (QED) is 0.787. The van der Waals surface area contributed by atoms with E-state index in [2.05, 4.69) is 10.3 Å². The zero-order valence-corrected chi connectivity index (χ0v) is 13.6. The standard InChI is InChI=1S/C17H14N2O4S/c1-24(21,22)15-8-4-13(5-9-15)17(20)19-14-6-2-12(3-7-14)16-10-18-11-23-16/h2-11H,1H3,(H,19,20). The second-order valence-corrected chi connectivity index (χ2v) is 7.21. The van der Waals surface area contributed by atoms with Crippen LogP contribution in [0, 0.1) is 0 Å². The van der Waals surface area contributed by atoms with Crippen LogP contribution in [0.2, 0.25) is 0 Å². The zero-order valence-electron chi connectivity index (χ0n) is 12.8. The van der Waals surface area contributed by atoms with Crippen LogP contribution in [0.1, 0.15) is 10.4 Å². The normalized spacial score (nSPS) is 11.2. The van der Waals surface area contributed by atoms with Crippen molar-refractivity contribution in [2.45, 2.75) is 4.90 Å². The van der Waals surface area contributed by atoms with Crippen LogP contribution in [0.15, 0.2) is 70.4 Å². The van der Waals surface area contributed by atoms with Gasteiger partial charge in [0.1, 0.15) is 0 Å². The van der Waals surface area contributed by atoms with Crippen LogP contribution in [0.5, 0.6) is 0 Å². The Morgan fingerprint density at radius 1 is 1.04 bits per heavy atom. The summed E-state index contributed by atoms with van der Waals surface area (Å²) in [7, 11) is -3.28. The van der Waals surface area contributed by atoms with Gasteiger partial charge in [-0.3, -0.25) is 4.79 Å². The summed E-state index contributed by atoms with van der Waals surface area (Å²) in [4.78, 5) is 16.2. The first-order valence-electron chi connectivity index (χ1n) is 7.04. The molecule has 1 aromatic heterocycles. The lowest BCUT2D eigenvalue weighted by molar-refractivity contribution is 0.102. The number of nitrogens with zero attached hydrogens (tertiary/aromatic N) is 1. The average molecular weight is 342 g/mol. The predicted octanol–water partition coefficient (Wildman–Crippen LogP) is 3.00. The Morgan fingerprint density at radius 3 is 2.25 bits per heavy atom. The Labute approximate surface area is 139 Å². The molecule has 0 aliphatic carbocycles. The number of benzene rings is 2. The van der Waals surface area contributed by atoms with E-state index in [0.29, 0.717) is 17.0 Å². The second kappa shape index (κ2) is 6.29. The van der Waals surface area contributed by atoms with Gasteiger partial charge < -0.3 is 9.73 Å². The summed E-state index contributed by atoms with van der Waals surface area (Å²) >= 11 is 0. The van der Waals surface area contributed by atoms with Crippen molar-refractivity contribution in [3.63, 3.8) is 0 Å². The molecular formula is C17H14N2O4S. The van der Waals surface area contributed by atoms with Crippen molar-refractivity contribution >= 4 is 21.4 Å². The molecule has 3 rings (SSSR count). The van der Waals surface area contributed by atoms with E-state index in [1.165, 1.54) is 30.7 Å². The van der Waals surface area contributed by atoms with E-state index in [0.717, 1.165) is 11.8 Å². The van der Waals surface area contributed by atoms with Crippen molar-refractivity contribution in [2.24, 2.45) is 0 Å².